The summed E-state index contributed by atoms with van der Waals surface area (Å²) >= 11 is 0. The molecule has 50 valence electrons. The fourth-order valence-electron chi connectivity index (χ4n) is 0.125. The van der Waals surface area contributed by atoms with Crippen molar-refractivity contribution in [2.24, 2.45) is 0 Å². The molecule has 0 rings (SSSR count). The standard InChI is InChI=1S/C5H9O2.Fe/c1-5(2,3)7-4-6;/h1-3H3;/q-1;. The zero-order valence-corrected chi connectivity index (χ0v) is 6.27. The van der Waals surface area contributed by atoms with E-state index in [1.807, 2.05) is 0 Å². The van der Waals surface area contributed by atoms with Crippen LogP contribution in [0.5, 0.6) is 0 Å². The Morgan fingerprint density at radius 2 is 1.75 bits per heavy atom. The maximum Gasteiger partial charge on any atom is 0.0623 e. The Bertz CT molecular complexity index is 65.3. The summed E-state index contributed by atoms with van der Waals surface area (Å²) in [7, 11) is 0. The average Bonchev–Trinajstić information content (AvgIpc) is 1.30. The Morgan fingerprint density at radius 1 is 1.38 bits per heavy atom. The van der Waals surface area contributed by atoms with E-state index >= 15 is 0 Å². The van der Waals surface area contributed by atoms with Crippen LogP contribution in [0.1, 0.15) is 20.8 Å². The Hall–Kier alpha value is -0.0105. The van der Waals surface area contributed by atoms with Gasteiger partial charge in [0.05, 0.1) is 5.60 Å². The van der Waals surface area contributed by atoms with Crippen molar-refractivity contribution in [3.63, 3.8) is 0 Å². The van der Waals surface area contributed by atoms with Crippen molar-refractivity contribution in [1.82, 2.24) is 0 Å². The molecule has 0 radical (unpaired) electrons. The van der Waals surface area contributed by atoms with Gasteiger partial charge in [-0.25, -0.2) is 0 Å². The van der Waals surface area contributed by atoms with E-state index in [0.717, 1.165) is 0 Å². The van der Waals surface area contributed by atoms with Gasteiger partial charge in [0.1, 0.15) is 0 Å². The van der Waals surface area contributed by atoms with E-state index in [9.17, 15) is 4.79 Å². The predicted molar refractivity (Wildman–Crippen MR) is 26.5 cm³/mol. The first-order valence-corrected chi connectivity index (χ1v) is 2.11. The van der Waals surface area contributed by atoms with Crippen LogP contribution in [0.4, 0.5) is 0 Å². The van der Waals surface area contributed by atoms with Crippen molar-refractivity contribution in [3.8, 4) is 0 Å². The third-order valence-electron chi connectivity index (χ3n) is 0.348. The maximum absolute atomic E-state index is 9.47. The molecule has 0 saturated carbocycles. The van der Waals surface area contributed by atoms with E-state index in [4.69, 9.17) is 0 Å². The Labute approximate surface area is 60.1 Å². The van der Waals surface area contributed by atoms with Gasteiger partial charge in [-0.2, -0.15) is 0 Å². The summed E-state index contributed by atoms with van der Waals surface area (Å²) in [6, 6.07) is 0. The summed E-state index contributed by atoms with van der Waals surface area (Å²) in [5.74, 6) is 0. The molecule has 3 heteroatoms. The van der Waals surface area contributed by atoms with Crippen molar-refractivity contribution in [1.29, 1.82) is 0 Å². The van der Waals surface area contributed by atoms with E-state index < -0.39 is 0 Å². The quantitative estimate of drug-likeness (QED) is 0.416. The minimum atomic E-state index is -0.373. The third-order valence-corrected chi connectivity index (χ3v) is 0.348. The molecule has 0 bridgehead atoms. The molecule has 8 heavy (non-hydrogen) atoms. The molecule has 0 aliphatic rings. The van der Waals surface area contributed by atoms with E-state index in [1.54, 1.807) is 20.8 Å². The van der Waals surface area contributed by atoms with Gasteiger partial charge in [0.15, 0.2) is 0 Å². The second kappa shape index (κ2) is 3.93. The first kappa shape index (κ1) is 10.9. The molecule has 0 aromatic heterocycles. The molecule has 0 heterocycles. The zero-order valence-electron chi connectivity index (χ0n) is 5.17. The second-order valence-electron chi connectivity index (χ2n) is 2.30. The molecule has 0 amide bonds. The van der Waals surface area contributed by atoms with Crippen molar-refractivity contribution < 1.29 is 26.6 Å². The molecule has 0 aromatic carbocycles. The van der Waals surface area contributed by atoms with Crippen LogP contribution in [-0.2, 0) is 26.6 Å². The van der Waals surface area contributed by atoms with Gasteiger partial charge in [-0.3, -0.25) is 0 Å². The van der Waals surface area contributed by atoms with Gasteiger partial charge in [0.2, 0.25) is 0 Å². The Kier molecular flexibility index (Phi) is 5.34. The van der Waals surface area contributed by atoms with Crippen LogP contribution in [0.3, 0.4) is 0 Å². The van der Waals surface area contributed by atoms with Crippen LogP contribution in [0, 0.1) is 0 Å². The molecule has 2 nitrogen and oxygen atoms in total. The normalized spacial score (nSPS) is 9.38. The summed E-state index contributed by atoms with van der Waals surface area (Å²) < 4.78 is 4.42. The molecule has 0 saturated heterocycles. The molecular formula is C5H9FeO2-. The second-order valence-corrected chi connectivity index (χ2v) is 2.30. The van der Waals surface area contributed by atoms with E-state index in [-0.39, 0.29) is 22.7 Å². The first-order valence-electron chi connectivity index (χ1n) is 2.11. The van der Waals surface area contributed by atoms with Crippen molar-refractivity contribution >= 4 is 6.47 Å². The maximum atomic E-state index is 9.47. The minimum Gasteiger partial charge on any atom is -0.649 e. The molecule has 0 spiro atoms. The Balaban J connectivity index is 0. The van der Waals surface area contributed by atoms with Gasteiger partial charge in [-0.15, -0.1) is 0 Å². The molecule has 0 aromatic rings. The van der Waals surface area contributed by atoms with Crippen molar-refractivity contribution in [2.45, 2.75) is 26.4 Å². The largest absolute Gasteiger partial charge is 0.649 e. The van der Waals surface area contributed by atoms with Gasteiger partial charge in [-0.1, -0.05) is 6.47 Å². The van der Waals surface area contributed by atoms with E-state index in [0.29, 0.717) is 0 Å². The van der Waals surface area contributed by atoms with E-state index in [1.165, 1.54) is 6.47 Å². The number of ether oxygens (including phenoxy) is 1. The fourth-order valence-corrected chi connectivity index (χ4v) is 0.125. The van der Waals surface area contributed by atoms with Gasteiger partial charge >= 0.3 is 0 Å². The summed E-state index contributed by atoms with van der Waals surface area (Å²) in [4.78, 5) is 9.47. The van der Waals surface area contributed by atoms with Crippen LogP contribution < -0.4 is 0 Å². The number of hydrogen-bond donors (Lipinski definition) is 0. The van der Waals surface area contributed by atoms with Crippen LogP contribution in [0.15, 0.2) is 0 Å². The predicted octanol–water partition coefficient (Wildman–Crippen LogP) is 0.866. The number of rotatable bonds is 1. The topological polar surface area (TPSA) is 26.3 Å². The van der Waals surface area contributed by atoms with Gasteiger partial charge in [0.25, 0.3) is 0 Å². The average molecular weight is 157 g/mol. The summed E-state index contributed by atoms with van der Waals surface area (Å²) in [5.41, 5.74) is -0.373. The number of carbonyl (C=O) groups excluding carboxylic acids is 1. The van der Waals surface area contributed by atoms with Crippen molar-refractivity contribution in [3.05, 3.63) is 0 Å². The fraction of sp³-hybridized carbons (Fsp3) is 0.800. The Morgan fingerprint density at radius 3 is 1.75 bits per heavy atom. The molecule has 0 N–H and O–H groups in total. The monoisotopic (exact) mass is 157 g/mol. The smallest absolute Gasteiger partial charge is 0.0623 e. The third kappa shape index (κ3) is 9.37. The molecule has 0 atom stereocenters. The summed E-state index contributed by atoms with van der Waals surface area (Å²) in [6.45, 7) is 6.73. The van der Waals surface area contributed by atoms with Gasteiger partial charge in [-0.05, 0) is 20.8 Å². The first-order chi connectivity index (χ1) is 3.06. The van der Waals surface area contributed by atoms with Crippen LogP contribution in [-0.4, -0.2) is 12.1 Å². The molecule has 0 unspecified atom stereocenters. The van der Waals surface area contributed by atoms with Crippen LogP contribution in [0.25, 0.3) is 0 Å². The minimum absolute atomic E-state index is 0. The molecule has 0 aliphatic heterocycles. The molecule has 0 aliphatic carbocycles. The number of hydrogen-bond acceptors (Lipinski definition) is 2. The van der Waals surface area contributed by atoms with E-state index in [2.05, 4.69) is 4.74 Å². The van der Waals surface area contributed by atoms with Crippen molar-refractivity contribution in [2.75, 3.05) is 0 Å². The summed E-state index contributed by atoms with van der Waals surface area (Å²) in [6.07, 6.45) is 0. The zero-order chi connectivity index (χ0) is 5.91. The SMILES string of the molecule is CC(C)(C)O[C-]=O.[Fe]. The summed E-state index contributed by atoms with van der Waals surface area (Å²) in [5, 5.41) is 0. The molecular weight excluding hydrogens is 148 g/mol. The van der Waals surface area contributed by atoms with Gasteiger partial charge in [0, 0.05) is 17.1 Å². The van der Waals surface area contributed by atoms with Crippen LogP contribution in [0.2, 0.25) is 0 Å². The molecule has 0 fully saturated rings. The van der Waals surface area contributed by atoms with Crippen LogP contribution >= 0.6 is 0 Å². The van der Waals surface area contributed by atoms with Gasteiger partial charge < -0.3 is 9.53 Å².